The Morgan fingerprint density at radius 3 is 2.76 bits per heavy atom. The van der Waals surface area contributed by atoms with E-state index in [-0.39, 0.29) is 23.2 Å². The lowest BCUT2D eigenvalue weighted by atomic mass is 10.1. The summed E-state index contributed by atoms with van der Waals surface area (Å²) in [6.45, 7) is 1.91. The molecular formula is C17H19FN4O2S. The lowest BCUT2D eigenvalue weighted by Crippen LogP contribution is -2.43. The summed E-state index contributed by atoms with van der Waals surface area (Å²) in [5.74, 6) is -1.18. The van der Waals surface area contributed by atoms with Crippen molar-refractivity contribution in [3.8, 4) is 0 Å². The molecular weight excluding hydrogens is 343 g/mol. The maximum Gasteiger partial charge on any atom is 0.271 e. The molecule has 1 aliphatic rings. The maximum atomic E-state index is 13.2. The van der Waals surface area contributed by atoms with Gasteiger partial charge in [-0.3, -0.25) is 14.9 Å². The van der Waals surface area contributed by atoms with Gasteiger partial charge in [0.25, 0.3) is 11.8 Å². The number of hydrogen-bond acceptors (Lipinski definition) is 5. The SMILES string of the molecule is CN1CCC(NC(=O)c2csc(NC(=O)c3cccc(F)c3)n2)CC1. The lowest BCUT2D eigenvalue weighted by molar-refractivity contribution is 0.0911. The summed E-state index contributed by atoms with van der Waals surface area (Å²) in [7, 11) is 2.06. The number of carbonyl (C=O) groups is 2. The van der Waals surface area contributed by atoms with Gasteiger partial charge in [0.05, 0.1) is 0 Å². The van der Waals surface area contributed by atoms with Gasteiger partial charge in [-0.2, -0.15) is 0 Å². The number of anilines is 1. The van der Waals surface area contributed by atoms with Crippen LogP contribution in [0.15, 0.2) is 29.6 Å². The molecule has 2 N–H and O–H groups in total. The highest BCUT2D eigenvalue weighted by Gasteiger charge is 2.20. The predicted octanol–water partition coefficient (Wildman–Crippen LogP) is 2.36. The molecule has 1 saturated heterocycles. The molecule has 25 heavy (non-hydrogen) atoms. The molecule has 132 valence electrons. The standard InChI is InChI=1S/C17H19FN4O2S/c1-22-7-5-13(6-8-22)19-16(24)14-10-25-17(20-14)21-15(23)11-3-2-4-12(18)9-11/h2-4,9-10,13H,5-8H2,1H3,(H,19,24)(H,20,21,23). The van der Waals surface area contributed by atoms with Crippen LogP contribution >= 0.6 is 11.3 Å². The summed E-state index contributed by atoms with van der Waals surface area (Å²) < 4.78 is 13.2. The molecule has 2 amide bonds. The first-order valence-corrected chi connectivity index (χ1v) is 8.91. The Morgan fingerprint density at radius 2 is 2.04 bits per heavy atom. The fourth-order valence-electron chi connectivity index (χ4n) is 2.65. The highest BCUT2D eigenvalue weighted by atomic mass is 32.1. The minimum absolute atomic E-state index is 0.149. The van der Waals surface area contributed by atoms with Crippen LogP contribution < -0.4 is 10.6 Å². The Kier molecular flexibility index (Phi) is 5.40. The van der Waals surface area contributed by atoms with Crippen LogP contribution in [0.2, 0.25) is 0 Å². The molecule has 2 heterocycles. The number of hydrogen-bond donors (Lipinski definition) is 2. The zero-order valence-corrected chi connectivity index (χ0v) is 14.6. The van der Waals surface area contributed by atoms with Crippen molar-refractivity contribution in [2.75, 3.05) is 25.5 Å². The van der Waals surface area contributed by atoms with Gasteiger partial charge in [0.2, 0.25) is 0 Å². The van der Waals surface area contributed by atoms with Gasteiger partial charge in [-0.05, 0) is 51.2 Å². The van der Waals surface area contributed by atoms with Gasteiger partial charge in [-0.1, -0.05) is 6.07 Å². The van der Waals surface area contributed by atoms with E-state index < -0.39 is 11.7 Å². The van der Waals surface area contributed by atoms with Crippen molar-refractivity contribution in [3.05, 3.63) is 46.7 Å². The third-order valence-corrected chi connectivity index (χ3v) is 4.86. The Morgan fingerprint density at radius 1 is 1.28 bits per heavy atom. The number of aromatic nitrogens is 1. The first-order chi connectivity index (χ1) is 12.0. The van der Waals surface area contributed by atoms with E-state index in [1.165, 1.54) is 18.2 Å². The van der Waals surface area contributed by atoms with Crippen molar-refractivity contribution in [2.45, 2.75) is 18.9 Å². The summed E-state index contributed by atoms with van der Waals surface area (Å²) in [4.78, 5) is 30.7. The van der Waals surface area contributed by atoms with Gasteiger partial charge in [0.15, 0.2) is 5.13 Å². The Balaban J connectivity index is 1.58. The molecule has 0 bridgehead atoms. The van der Waals surface area contributed by atoms with E-state index in [4.69, 9.17) is 0 Å². The quantitative estimate of drug-likeness (QED) is 0.876. The first kappa shape index (κ1) is 17.5. The summed E-state index contributed by atoms with van der Waals surface area (Å²) in [6.07, 6.45) is 1.82. The summed E-state index contributed by atoms with van der Waals surface area (Å²) >= 11 is 1.16. The van der Waals surface area contributed by atoms with Gasteiger partial charge in [-0.15, -0.1) is 11.3 Å². The normalized spacial score (nSPS) is 15.8. The first-order valence-electron chi connectivity index (χ1n) is 8.03. The zero-order chi connectivity index (χ0) is 17.8. The predicted molar refractivity (Wildman–Crippen MR) is 94.5 cm³/mol. The zero-order valence-electron chi connectivity index (χ0n) is 13.8. The van der Waals surface area contributed by atoms with Gasteiger partial charge in [0.1, 0.15) is 11.5 Å². The van der Waals surface area contributed by atoms with E-state index >= 15 is 0 Å². The largest absolute Gasteiger partial charge is 0.348 e. The topological polar surface area (TPSA) is 74.3 Å². The van der Waals surface area contributed by atoms with Gasteiger partial charge in [-0.25, -0.2) is 9.37 Å². The average Bonchev–Trinajstić information content (AvgIpc) is 3.05. The third kappa shape index (κ3) is 4.61. The summed E-state index contributed by atoms with van der Waals surface area (Å²) in [6, 6.07) is 5.55. The molecule has 0 unspecified atom stereocenters. The van der Waals surface area contributed by atoms with E-state index in [1.807, 2.05) is 0 Å². The van der Waals surface area contributed by atoms with Crippen LogP contribution in [0, 0.1) is 5.82 Å². The molecule has 3 rings (SSSR count). The number of rotatable bonds is 4. The molecule has 6 nitrogen and oxygen atoms in total. The number of likely N-dealkylation sites (tertiary alicyclic amines) is 1. The van der Waals surface area contributed by atoms with Crippen molar-refractivity contribution in [3.63, 3.8) is 0 Å². The molecule has 0 aliphatic carbocycles. The van der Waals surface area contributed by atoms with E-state index in [1.54, 1.807) is 5.38 Å². The van der Waals surface area contributed by atoms with Crippen molar-refractivity contribution in [2.24, 2.45) is 0 Å². The second kappa shape index (κ2) is 7.71. The van der Waals surface area contributed by atoms with Crippen LogP contribution in [0.4, 0.5) is 9.52 Å². The highest BCUT2D eigenvalue weighted by molar-refractivity contribution is 7.14. The highest BCUT2D eigenvalue weighted by Crippen LogP contribution is 2.17. The van der Waals surface area contributed by atoms with Crippen LogP contribution in [0.3, 0.4) is 0 Å². The van der Waals surface area contributed by atoms with Crippen LogP contribution in [0.25, 0.3) is 0 Å². The summed E-state index contributed by atoms with van der Waals surface area (Å²) in [5.41, 5.74) is 0.478. The Labute approximate surface area is 149 Å². The van der Waals surface area contributed by atoms with E-state index in [0.717, 1.165) is 43.3 Å². The smallest absolute Gasteiger partial charge is 0.271 e. The van der Waals surface area contributed by atoms with Gasteiger partial charge in [0, 0.05) is 17.0 Å². The number of halogens is 1. The molecule has 0 atom stereocenters. The summed E-state index contributed by atoms with van der Waals surface area (Å²) in [5, 5.41) is 7.47. The van der Waals surface area contributed by atoms with Crippen molar-refractivity contribution in [1.82, 2.24) is 15.2 Å². The minimum atomic E-state index is -0.481. The monoisotopic (exact) mass is 362 g/mol. The maximum absolute atomic E-state index is 13.2. The molecule has 0 radical (unpaired) electrons. The second-order valence-electron chi connectivity index (χ2n) is 6.05. The van der Waals surface area contributed by atoms with Crippen LogP contribution in [-0.2, 0) is 0 Å². The molecule has 1 aromatic carbocycles. The van der Waals surface area contributed by atoms with Crippen molar-refractivity contribution >= 4 is 28.3 Å². The fraction of sp³-hybridized carbons (Fsp3) is 0.353. The molecule has 8 heteroatoms. The van der Waals surface area contributed by atoms with Gasteiger partial charge < -0.3 is 10.2 Å². The van der Waals surface area contributed by atoms with Crippen LogP contribution in [0.5, 0.6) is 0 Å². The average molecular weight is 362 g/mol. The van der Waals surface area contributed by atoms with Crippen LogP contribution in [0.1, 0.15) is 33.7 Å². The van der Waals surface area contributed by atoms with Crippen LogP contribution in [-0.4, -0.2) is 47.9 Å². The third-order valence-electron chi connectivity index (χ3n) is 4.10. The minimum Gasteiger partial charge on any atom is -0.348 e. The number of benzene rings is 1. The van der Waals surface area contributed by atoms with Gasteiger partial charge >= 0.3 is 0 Å². The van der Waals surface area contributed by atoms with E-state index in [9.17, 15) is 14.0 Å². The van der Waals surface area contributed by atoms with Crippen molar-refractivity contribution < 1.29 is 14.0 Å². The molecule has 1 aliphatic heterocycles. The molecule has 1 fully saturated rings. The fourth-order valence-corrected chi connectivity index (χ4v) is 3.33. The number of piperidine rings is 1. The second-order valence-corrected chi connectivity index (χ2v) is 6.91. The molecule has 0 saturated carbocycles. The molecule has 2 aromatic rings. The molecule has 1 aromatic heterocycles. The Hall–Kier alpha value is -2.32. The van der Waals surface area contributed by atoms with E-state index in [2.05, 4.69) is 27.6 Å². The lowest BCUT2D eigenvalue weighted by Gasteiger charge is -2.29. The van der Waals surface area contributed by atoms with E-state index in [0.29, 0.717) is 5.13 Å². The van der Waals surface area contributed by atoms with Crippen molar-refractivity contribution in [1.29, 1.82) is 0 Å². The number of thiazole rings is 1. The number of amides is 2. The Bertz CT molecular complexity index is 772. The number of nitrogens with zero attached hydrogens (tertiary/aromatic N) is 2. The number of carbonyl (C=O) groups excluding carboxylic acids is 2. The molecule has 0 spiro atoms. The number of nitrogens with one attached hydrogen (secondary N) is 2.